The van der Waals surface area contributed by atoms with E-state index in [-0.39, 0.29) is 22.5 Å². The van der Waals surface area contributed by atoms with Gasteiger partial charge in [0.05, 0.1) is 44.2 Å². The Hall–Kier alpha value is -3.72. The summed E-state index contributed by atoms with van der Waals surface area (Å²) in [4.78, 5) is 16.5. The molecule has 1 saturated heterocycles. The second-order valence-electron chi connectivity index (χ2n) is 9.40. The highest BCUT2D eigenvalue weighted by atomic mass is 35.5. The average molecular weight is 631 g/mol. The Kier molecular flexibility index (Phi) is 8.96. The zero-order valence-electron chi connectivity index (χ0n) is 23.5. The number of anilines is 6. The molecular weight excluding hydrogens is 600 g/mol. The van der Waals surface area contributed by atoms with Gasteiger partial charge in [0, 0.05) is 60.7 Å². The van der Waals surface area contributed by atoms with Crippen LogP contribution in [-0.2, 0) is 21.9 Å². The summed E-state index contributed by atoms with van der Waals surface area (Å²) in [6.45, 7) is 1.87. The lowest BCUT2D eigenvalue weighted by Gasteiger charge is -2.31. The van der Waals surface area contributed by atoms with Gasteiger partial charge in [0.15, 0.2) is 5.82 Å². The summed E-state index contributed by atoms with van der Waals surface area (Å²) in [6.07, 6.45) is 6.33. The van der Waals surface area contributed by atoms with Gasteiger partial charge in [-0.05, 0) is 18.2 Å². The summed E-state index contributed by atoms with van der Waals surface area (Å²) in [6, 6.07) is 10.8. The standard InChI is InChI=1S/C27H31ClN8O4S2/c1-34-17-18(15-30-34)19-13-22(25(39-2)14-24(19)35-9-11-41-12-10-35)32-27-29-16-20(28)26(33-27)31-21-7-5-6-8-23(21)36(40-3)42(4,37)38/h5-8,13-17H,9-12H2,1-4H3,(H2,29,31,32,33). The largest absolute Gasteiger partial charge is 0.494 e. The first-order valence-electron chi connectivity index (χ1n) is 12.9. The van der Waals surface area contributed by atoms with Crippen molar-refractivity contribution in [1.82, 2.24) is 19.7 Å². The molecule has 2 N–H and O–H groups in total. The van der Waals surface area contributed by atoms with Gasteiger partial charge in [-0.3, -0.25) is 9.52 Å². The average Bonchev–Trinajstić information content (AvgIpc) is 3.41. The first-order valence-corrected chi connectivity index (χ1v) is 16.3. The number of thioether (sulfide) groups is 1. The van der Waals surface area contributed by atoms with Gasteiger partial charge in [0.25, 0.3) is 10.0 Å². The normalized spacial score (nSPS) is 13.6. The molecule has 4 aromatic rings. The molecule has 12 nitrogen and oxygen atoms in total. The van der Waals surface area contributed by atoms with Gasteiger partial charge in [-0.2, -0.15) is 21.8 Å². The van der Waals surface area contributed by atoms with E-state index in [4.69, 9.17) is 21.2 Å². The number of hydrogen-bond donors (Lipinski definition) is 2. The smallest absolute Gasteiger partial charge is 0.254 e. The van der Waals surface area contributed by atoms with E-state index in [1.165, 1.54) is 13.3 Å². The lowest BCUT2D eigenvalue weighted by Crippen LogP contribution is -2.32. The van der Waals surface area contributed by atoms with E-state index in [0.717, 1.165) is 52.1 Å². The lowest BCUT2D eigenvalue weighted by atomic mass is 10.0. The molecular formula is C27H31ClN8O4S2. The Morgan fingerprint density at radius 2 is 1.83 bits per heavy atom. The van der Waals surface area contributed by atoms with Gasteiger partial charge >= 0.3 is 0 Å². The van der Waals surface area contributed by atoms with Crippen molar-refractivity contribution in [3.05, 3.63) is 60.0 Å². The number of aryl methyl sites for hydroxylation is 1. The summed E-state index contributed by atoms with van der Waals surface area (Å²) in [5.74, 6) is 3.25. The number of ether oxygens (including phenoxy) is 1. The number of halogens is 1. The van der Waals surface area contributed by atoms with Crippen LogP contribution in [0.3, 0.4) is 0 Å². The number of nitrogens with zero attached hydrogens (tertiary/aromatic N) is 6. The summed E-state index contributed by atoms with van der Waals surface area (Å²) < 4.78 is 33.0. The van der Waals surface area contributed by atoms with E-state index in [9.17, 15) is 8.42 Å². The minimum Gasteiger partial charge on any atom is -0.494 e. The van der Waals surface area contributed by atoms with Crippen molar-refractivity contribution in [2.24, 2.45) is 7.05 Å². The van der Waals surface area contributed by atoms with Crippen LogP contribution in [0.15, 0.2) is 55.0 Å². The number of nitrogens with one attached hydrogen (secondary N) is 2. The minimum atomic E-state index is -3.72. The summed E-state index contributed by atoms with van der Waals surface area (Å²) in [7, 11) is 1.07. The molecule has 42 heavy (non-hydrogen) atoms. The fraction of sp³-hybridized carbons (Fsp3) is 0.296. The number of benzene rings is 2. The number of methoxy groups -OCH3 is 1. The van der Waals surface area contributed by atoms with E-state index in [1.807, 2.05) is 43.3 Å². The van der Waals surface area contributed by atoms with Crippen molar-refractivity contribution in [3.8, 4) is 16.9 Å². The highest BCUT2D eigenvalue weighted by molar-refractivity contribution is 7.99. The monoisotopic (exact) mass is 630 g/mol. The van der Waals surface area contributed by atoms with Crippen molar-refractivity contribution in [1.29, 1.82) is 0 Å². The summed E-state index contributed by atoms with van der Waals surface area (Å²) in [5, 5.41) is 11.0. The van der Waals surface area contributed by atoms with E-state index < -0.39 is 10.0 Å². The van der Waals surface area contributed by atoms with Crippen LogP contribution in [0.2, 0.25) is 5.02 Å². The van der Waals surface area contributed by atoms with Crippen LogP contribution in [0, 0.1) is 0 Å². The first kappa shape index (κ1) is 29.8. The van der Waals surface area contributed by atoms with Crippen molar-refractivity contribution < 1.29 is 18.0 Å². The molecule has 0 radical (unpaired) electrons. The molecule has 15 heteroatoms. The highest BCUT2D eigenvalue weighted by Crippen LogP contribution is 2.41. The predicted octanol–water partition coefficient (Wildman–Crippen LogP) is 4.91. The molecule has 0 aliphatic carbocycles. The second kappa shape index (κ2) is 12.7. The molecule has 222 valence electrons. The van der Waals surface area contributed by atoms with Crippen molar-refractivity contribution in [3.63, 3.8) is 0 Å². The van der Waals surface area contributed by atoms with Crippen LogP contribution in [0.25, 0.3) is 11.1 Å². The molecule has 1 fully saturated rings. The molecule has 0 saturated carbocycles. The fourth-order valence-electron chi connectivity index (χ4n) is 4.61. The first-order chi connectivity index (χ1) is 20.2. The third-order valence-electron chi connectivity index (χ3n) is 6.50. The summed E-state index contributed by atoms with van der Waals surface area (Å²) >= 11 is 8.41. The van der Waals surface area contributed by atoms with Crippen LogP contribution in [0.5, 0.6) is 5.75 Å². The van der Waals surface area contributed by atoms with Crippen LogP contribution < -0.4 is 24.7 Å². The molecule has 2 aromatic carbocycles. The van der Waals surface area contributed by atoms with Gasteiger partial charge in [0.1, 0.15) is 16.5 Å². The molecule has 0 unspecified atom stereocenters. The summed E-state index contributed by atoms with van der Waals surface area (Å²) in [5.41, 5.74) is 4.37. The SMILES string of the molecule is COc1cc(N2CCSCC2)c(-c2cnn(C)c2)cc1Nc1ncc(Cl)c(Nc2ccccc2N(OC)S(C)(=O)=O)n1. The topological polar surface area (TPSA) is 127 Å². The van der Waals surface area contributed by atoms with Gasteiger partial charge in [0.2, 0.25) is 5.95 Å². The molecule has 1 aliphatic rings. The van der Waals surface area contributed by atoms with Crippen LogP contribution >= 0.6 is 23.4 Å². The third-order valence-corrected chi connectivity index (χ3v) is 8.66. The van der Waals surface area contributed by atoms with Gasteiger partial charge in [-0.1, -0.05) is 23.7 Å². The third kappa shape index (κ3) is 6.51. The Morgan fingerprint density at radius 1 is 1.07 bits per heavy atom. The molecule has 1 aliphatic heterocycles. The number of sulfonamides is 1. The predicted molar refractivity (Wildman–Crippen MR) is 169 cm³/mol. The molecule has 3 heterocycles. The maximum absolute atomic E-state index is 12.3. The Balaban J connectivity index is 1.51. The zero-order chi connectivity index (χ0) is 29.9. The van der Waals surface area contributed by atoms with Gasteiger partial charge < -0.3 is 20.3 Å². The Labute approximate surface area is 254 Å². The van der Waals surface area contributed by atoms with E-state index in [0.29, 0.717) is 17.1 Å². The lowest BCUT2D eigenvalue weighted by molar-refractivity contribution is 0.217. The second-order valence-corrected chi connectivity index (χ2v) is 12.8. The molecule has 2 aromatic heterocycles. The number of hydrogen-bond acceptors (Lipinski definition) is 11. The van der Waals surface area contributed by atoms with Gasteiger partial charge in [-0.15, -0.1) is 4.47 Å². The molecule has 0 amide bonds. The molecule has 0 atom stereocenters. The fourth-order valence-corrected chi connectivity index (χ4v) is 6.44. The minimum absolute atomic E-state index is 0.236. The van der Waals surface area contributed by atoms with Gasteiger partial charge in [-0.25, -0.2) is 13.4 Å². The van der Waals surface area contributed by atoms with E-state index in [2.05, 4.69) is 30.6 Å². The maximum atomic E-state index is 12.3. The van der Waals surface area contributed by atoms with Crippen LogP contribution in [0.1, 0.15) is 0 Å². The Bertz CT molecular complexity index is 1680. The van der Waals surface area contributed by atoms with Crippen molar-refractivity contribution in [2.45, 2.75) is 0 Å². The van der Waals surface area contributed by atoms with Crippen molar-refractivity contribution >= 4 is 67.9 Å². The van der Waals surface area contributed by atoms with Crippen molar-refractivity contribution in [2.75, 3.05) is 65.1 Å². The molecule has 0 spiro atoms. The number of aromatic nitrogens is 4. The number of rotatable bonds is 10. The maximum Gasteiger partial charge on any atom is 0.254 e. The highest BCUT2D eigenvalue weighted by Gasteiger charge is 2.23. The number of para-hydroxylation sites is 2. The van der Waals surface area contributed by atoms with Crippen LogP contribution in [0.4, 0.5) is 34.5 Å². The van der Waals surface area contributed by atoms with E-state index >= 15 is 0 Å². The van der Waals surface area contributed by atoms with Crippen LogP contribution in [-0.4, -0.2) is 73.2 Å². The Morgan fingerprint density at radius 3 is 2.50 bits per heavy atom. The molecule has 5 rings (SSSR count). The zero-order valence-corrected chi connectivity index (χ0v) is 25.9. The molecule has 0 bridgehead atoms. The van der Waals surface area contributed by atoms with E-state index in [1.54, 1.807) is 36.1 Å². The quantitative estimate of drug-likeness (QED) is 0.232.